The van der Waals surface area contributed by atoms with Crippen LogP contribution in [-0.2, 0) is 7.05 Å². The highest BCUT2D eigenvalue weighted by atomic mass is 35.5. The second kappa shape index (κ2) is 5.89. The third-order valence-corrected chi connectivity index (χ3v) is 5.03. The van der Waals surface area contributed by atoms with E-state index in [0.717, 1.165) is 16.4 Å². The van der Waals surface area contributed by atoms with E-state index < -0.39 is 5.82 Å². The van der Waals surface area contributed by atoms with E-state index in [4.69, 9.17) is 11.6 Å². The van der Waals surface area contributed by atoms with Crippen molar-refractivity contribution in [3.05, 3.63) is 40.8 Å². The van der Waals surface area contributed by atoms with Gasteiger partial charge in [-0.25, -0.2) is 4.39 Å². The number of nitrogens with zero attached hydrogens (tertiary/aromatic N) is 6. The number of fused-ring (bicyclic) bond motifs is 1. The van der Waals surface area contributed by atoms with Crippen molar-refractivity contribution in [3.8, 4) is 22.1 Å². The van der Waals surface area contributed by atoms with Gasteiger partial charge in [-0.1, -0.05) is 36.8 Å². The first kappa shape index (κ1) is 16.2. The zero-order valence-corrected chi connectivity index (χ0v) is 15.3. The first-order chi connectivity index (χ1) is 11.9. The van der Waals surface area contributed by atoms with Gasteiger partial charge < -0.3 is 0 Å². The number of aromatic nitrogens is 6. The van der Waals surface area contributed by atoms with Gasteiger partial charge in [-0.3, -0.25) is 4.68 Å². The number of rotatable bonds is 3. The first-order valence-corrected chi connectivity index (χ1v) is 8.85. The average Bonchev–Trinajstić information content (AvgIpc) is 3.23. The predicted octanol–water partition coefficient (Wildman–Crippen LogP) is 4.17. The molecule has 3 heterocycles. The Morgan fingerprint density at radius 3 is 2.68 bits per heavy atom. The largest absolute Gasteiger partial charge is 0.265 e. The minimum absolute atomic E-state index is 0.268. The maximum atomic E-state index is 14.2. The lowest BCUT2D eigenvalue weighted by atomic mass is 10.1. The number of aryl methyl sites for hydroxylation is 1. The fourth-order valence-corrected chi connectivity index (χ4v) is 3.59. The molecule has 0 fully saturated rings. The van der Waals surface area contributed by atoms with Crippen LogP contribution in [0.2, 0.25) is 5.02 Å². The highest BCUT2D eigenvalue weighted by Gasteiger charge is 2.19. The Hall–Kier alpha value is -2.32. The lowest BCUT2D eigenvalue weighted by Crippen LogP contribution is -1.97. The summed E-state index contributed by atoms with van der Waals surface area (Å²) in [6.07, 6.45) is 0. The molecule has 4 aromatic rings. The second-order valence-electron chi connectivity index (χ2n) is 5.98. The number of halogens is 2. The summed E-state index contributed by atoms with van der Waals surface area (Å²) in [6, 6.07) is 6.33. The minimum Gasteiger partial charge on any atom is -0.265 e. The van der Waals surface area contributed by atoms with Gasteiger partial charge in [0.15, 0.2) is 10.8 Å². The van der Waals surface area contributed by atoms with Crippen molar-refractivity contribution in [3.63, 3.8) is 0 Å². The summed E-state index contributed by atoms with van der Waals surface area (Å²) in [5.74, 6) is 0.224. The Kier molecular flexibility index (Phi) is 3.81. The number of hydrogen-bond donors (Lipinski definition) is 0. The lowest BCUT2D eigenvalue weighted by molar-refractivity contribution is 0.629. The normalized spacial score (nSPS) is 11.8. The summed E-state index contributed by atoms with van der Waals surface area (Å²) in [7, 11) is 1.88. The van der Waals surface area contributed by atoms with Crippen LogP contribution in [0, 0.1) is 5.82 Å². The molecule has 0 saturated heterocycles. The second-order valence-corrected chi connectivity index (χ2v) is 7.37. The zero-order valence-electron chi connectivity index (χ0n) is 13.7. The van der Waals surface area contributed by atoms with E-state index in [1.54, 1.807) is 4.68 Å². The van der Waals surface area contributed by atoms with Gasteiger partial charge in [-0.2, -0.15) is 14.7 Å². The first-order valence-electron chi connectivity index (χ1n) is 7.66. The molecule has 3 aromatic heterocycles. The van der Waals surface area contributed by atoms with Gasteiger partial charge in [-0.15, -0.1) is 10.2 Å². The average molecular weight is 377 g/mol. The number of benzene rings is 1. The van der Waals surface area contributed by atoms with E-state index in [2.05, 4.69) is 34.2 Å². The summed E-state index contributed by atoms with van der Waals surface area (Å²) in [5, 5.41) is 18.4. The van der Waals surface area contributed by atoms with Gasteiger partial charge in [0.2, 0.25) is 4.96 Å². The van der Waals surface area contributed by atoms with Crippen LogP contribution in [0.25, 0.3) is 27.1 Å². The van der Waals surface area contributed by atoms with E-state index in [1.807, 2.05) is 13.1 Å². The molecule has 0 radical (unpaired) electrons. The lowest BCUT2D eigenvalue weighted by Gasteiger charge is -2.00. The molecular formula is C16H14ClFN6S. The SMILES string of the molecule is CC(C)c1cc(-c2nn3c(-c4cc(Cl)ccc4F)nnc3s2)n(C)n1. The van der Waals surface area contributed by atoms with Crippen molar-refractivity contribution >= 4 is 27.9 Å². The van der Waals surface area contributed by atoms with Crippen molar-refractivity contribution in [1.82, 2.24) is 29.6 Å². The Balaban J connectivity index is 1.85. The maximum absolute atomic E-state index is 14.2. The van der Waals surface area contributed by atoms with Crippen LogP contribution in [0.4, 0.5) is 4.39 Å². The highest BCUT2D eigenvalue weighted by Crippen LogP contribution is 2.31. The molecule has 1 aromatic carbocycles. The van der Waals surface area contributed by atoms with Gasteiger partial charge in [-0.05, 0) is 30.2 Å². The molecule has 0 bridgehead atoms. The van der Waals surface area contributed by atoms with Gasteiger partial charge in [0.1, 0.15) is 5.82 Å². The van der Waals surface area contributed by atoms with E-state index in [9.17, 15) is 4.39 Å². The molecule has 0 aliphatic carbocycles. The standard InChI is InChI=1S/C16H14ClFN6S/c1-8(2)12-7-13(23(3)21-12)15-22-24-14(19-20-16(24)25-15)10-6-9(17)4-5-11(10)18/h4-8H,1-3H3. The third kappa shape index (κ3) is 2.71. The van der Waals surface area contributed by atoms with Crippen LogP contribution in [0.15, 0.2) is 24.3 Å². The number of hydrogen-bond acceptors (Lipinski definition) is 5. The third-order valence-electron chi connectivity index (χ3n) is 3.87. The summed E-state index contributed by atoms with van der Waals surface area (Å²) in [5.41, 5.74) is 2.14. The molecule has 0 aliphatic rings. The molecule has 0 atom stereocenters. The summed E-state index contributed by atoms with van der Waals surface area (Å²) in [6.45, 7) is 4.18. The molecule has 0 amide bonds. The van der Waals surface area contributed by atoms with E-state index >= 15 is 0 Å². The Morgan fingerprint density at radius 2 is 1.96 bits per heavy atom. The monoisotopic (exact) mass is 376 g/mol. The quantitative estimate of drug-likeness (QED) is 0.538. The smallest absolute Gasteiger partial charge is 0.235 e. The molecule has 0 unspecified atom stereocenters. The predicted molar refractivity (Wildman–Crippen MR) is 95.4 cm³/mol. The Morgan fingerprint density at radius 1 is 1.16 bits per heavy atom. The van der Waals surface area contributed by atoms with Crippen LogP contribution in [0.1, 0.15) is 25.5 Å². The maximum Gasteiger partial charge on any atom is 0.235 e. The molecular weight excluding hydrogens is 363 g/mol. The molecule has 0 spiro atoms. The zero-order chi connectivity index (χ0) is 17.7. The Labute approximate surface area is 151 Å². The fourth-order valence-electron chi connectivity index (χ4n) is 2.53. The van der Waals surface area contributed by atoms with Crippen molar-refractivity contribution in [1.29, 1.82) is 0 Å². The van der Waals surface area contributed by atoms with E-state index in [-0.39, 0.29) is 5.56 Å². The van der Waals surface area contributed by atoms with Crippen LogP contribution >= 0.6 is 22.9 Å². The Bertz CT molecular complexity index is 1080. The molecule has 25 heavy (non-hydrogen) atoms. The van der Waals surface area contributed by atoms with Crippen LogP contribution < -0.4 is 0 Å². The molecule has 128 valence electrons. The summed E-state index contributed by atoms with van der Waals surface area (Å²) < 4.78 is 17.5. The fraction of sp³-hybridized carbons (Fsp3) is 0.250. The van der Waals surface area contributed by atoms with Crippen LogP contribution in [0.3, 0.4) is 0 Å². The molecule has 0 N–H and O–H groups in total. The van der Waals surface area contributed by atoms with Crippen molar-refractivity contribution in [2.75, 3.05) is 0 Å². The topological polar surface area (TPSA) is 60.9 Å². The molecule has 0 saturated carbocycles. The molecule has 6 nitrogen and oxygen atoms in total. The summed E-state index contributed by atoms with van der Waals surface area (Å²) >= 11 is 7.36. The van der Waals surface area contributed by atoms with Crippen molar-refractivity contribution < 1.29 is 4.39 Å². The van der Waals surface area contributed by atoms with E-state index in [1.165, 1.54) is 34.1 Å². The van der Waals surface area contributed by atoms with Gasteiger partial charge >= 0.3 is 0 Å². The van der Waals surface area contributed by atoms with Crippen LogP contribution in [-0.4, -0.2) is 29.6 Å². The van der Waals surface area contributed by atoms with Gasteiger partial charge in [0.05, 0.1) is 17.0 Å². The van der Waals surface area contributed by atoms with Crippen molar-refractivity contribution in [2.45, 2.75) is 19.8 Å². The highest BCUT2D eigenvalue weighted by molar-refractivity contribution is 7.19. The molecule has 0 aliphatic heterocycles. The van der Waals surface area contributed by atoms with Gasteiger partial charge in [0.25, 0.3) is 0 Å². The summed E-state index contributed by atoms with van der Waals surface area (Å²) in [4.78, 5) is 0.580. The molecule has 9 heteroatoms. The molecule has 4 rings (SSSR count). The van der Waals surface area contributed by atoms with Crippen LogP contribution in [0.5, 0.6) is 0 Å². The van der Waals surface area contributed by atoms with Crippen molar-refractivity contribution in [2.24, 2.45) is 7.05 Å². The van der Waals surface area contributed by atoms with Gasteiger partial charge in [0, 0.05) is 12.1 Å². The van der Waals surface area contributed by atoms with E-state index in [0.29, 0.717) is 21.7 Å². The minimum atomic E-state index is -0.420.